The fourth-order valence-electron chi connectivity index (χ4n) is 3.48. The van der Waals surface area contributed by atoms with Crippen LogP contribution in [-0.2, 0) is 26.8 Å². The van der Waals surface area contributed by atoms with Crippen molar-refractivity contribution in [2.75, 3.05) is 10.6 Å². The van der Waals surface area contributed by atoms with Crippen LogP contribution in [0, 0.1) is 6.92 Å². The van der Waals surface area contributed by atoms with Gasteiger partial charge in [-0.3, -0.25) is 9.59 Å². The van der Waals surface area contributed by atoms with Crippen molar-refractivity contribution in [2.24, 2.45) is 7.05 Å². The van der Waals surface area contributed by atoms with E-state index < -0.39 is 10.1 Å². The zero-order valence-corrected chi connectivity index (χ0v) is 20.1. The van der Waals surface area contributed by atoms with E-state index in [0.29, 0.717) is 0 Å². The molecule has 34 heavy (non-hydrogen) atoms. The molecule has 3 aromatic carbocycles. The molecule has 4 aromatic rings. The average Bonchev–Trinajstić information content (AvgIpc) is 2.74. The van der Waals surface area contributed by atoms with Crippen LogP contribution in [0.25, 0.3) is 21.8 Å². The molecular formula is C25H25N3O5S. The first-order chi connectivity index (χ1) is 15.9. The number of carbonyl (C=O) groups excluding carboxylic acids is 2. The maximum absolute atomic E-state index is 11.2. The second-order valence-corrected chi connectivity index (χ2v) is 9.26. The van der Waals surface area contributed by atoms with E-state index in [1.807, 2.05) is 50.4 Å². The highest BCUT2D eigenvalue weighted by molar-refractivity contribution is 7.85. The van der Waals surface area contributed by atoms with Crippen LogP contribution in [0.1, 0.15) is 19.4 Å². The molecule has 0 aliphatic carbocycles. The third-order valence-electron chi connectivity index (χ3n) is 5.04. The number of anilines is 2. The summed E-state index contributed by atoms with van der Waals surface area (Å²) >= 11 is 0. The van der Waals surface area contributed by atoms with Gasteiger partial charge in [-0.1, -0.05) is 17.7 Å². The summed E-state index contributed by atoms with van der Waals surface area (Å²) in [6.07, 6.45) is 0. The summed E-state index contributed by atoms with van der Waals surface area (Å²) in [4.78, 5) is 22.3. The molecular weight excluding hydrogens is 454 g/mol. The normalized spacial score (nSPS) is 11.0. The largest absolute Gasteiger partial charge is 0.744 e. The lowest BCUT2D eigenvalue weighted by Gasteiger charge is -2.07. The fraction of sp³-hybridized carbons (Fsp3) is 0.160. The quantitative estimate of drug-likeness (QED) is 0.264. The van der Waals surface area contributed by atoms with Gasteiger partial charge in [-0.05, 0) is 49.4 Å². The number of amides is 2. The predicted octanol–water partition coefficient (Wildman–Crippen LogP) is 3.63. The van der Waals surface area contributed by atoms with Crippen LogP contribution >= 0.6 is 0 Å². The third kappa shape index (κ3) is 6.15. The highest BCUT2D eigenvalue weighted by atomic mass is 32.2. The minimum Gasteiger partial charge on any atom is -0.744 e. The van der Waals surface area contributed by atoms with Crippen LogP contribution in [0.4, 0.5) is 11.4 Å². The van der Waals surface area contributed by atoms with Crippen LogP contribution in [0.3, 0.4) is 0 Å². The number of hydrogen-bond donors (Lipinski definition) is 2. The van der Waals surface area contributed by atoms with Crippen LogP contribution in [0.15, 0.2) is 71.6 Å². The Morgan fingerprint density at radius 1 is 0.765 bits per heavy atom. The molecule has 1 heterocycles. The molecule has 0 aliphatic rings. The van der Waals surface area contributed by atoms with Crippen molar-refractivity contribution in [3.05, 3.63) is 72.3 Å². The van der Waals surface area contributed by atoms with Crippen molar-refractivity contribution in [3.8, 4) is 0 Å². The molecule has 1 aromatic heterocycles. The van der Waals surface area contributed by atoms with Gasteiger partial charge in [0.15, 0.2) is 0 Å². The highest BCUT2D eigenvalue weighted by Gasteiger charge is 2.13. The van der Waals surface area contributed by atoms with E-state index in [2.05, 4.69) is 21.3 Å². The Hall–Kier alpha value is -3.82. The van der Waals surface area contributed by atoms with Gasteiger partial charge in [-0.25, -0.2) is 8.42 Å². The van der Waals surface area contributed by atoms with Gasteiger partial charge >= 0.3 is 0 Å². The molecule has 0 atom stereocenters. The summed E-state index contributed by atoms with van der Waals surface area (Å²) < 4.78 is 33.2. The van der Waals surface area contributed by atoms with Gasteiger partial charge in [-0.15, -0.1) is 0 Å². The lowest BCUT2D eigenvalue weighted by atomic mass is 10.1. The van der Waals surface area contributed by atoms with E-state index in [1.165, 1.54) is 26.0 Å². The zero-order chi connectivity index (χ0) is 25.0. The van der Waals surface area contributed by atoms with Gasteiger partial charge in [-0.2, -0.15) is 4.57 Å². The maximum atomic E-state index is 11.2. The van der Waals surface area contributed by atoms with E-state index >= 15 is 0 Å². The SMILES string of the molecule is CC(=O)Nc1ccc2cc3ccc(NC(C)=O)cc3[n+](C)c2c1.Cc1ccc(S(=O)(=O)[O-])cc1. The van der Waals surface area contributed by atoms with Gasteiger partial charge in [0.25, 0.3) is 0 Å². The molecule has 0 unspecified atom stereocenters. The molecule has 0 aliphatic heterocycles. The minimum atomic E-state index is -4.27. The van der Waals surface area contributed by atoms with E-state index in [1.54, 1.807) is 12.1 Å². The second-order valence-electron chi connectivity index (χ2n) is 7.88. The second kappa shape index (κ2) is 9.98. The Balaban J connectivity index is 0.000000248. The Morgan fingerprint density at radius 2 is 1.21 bits per heavy atom. The first kappa shape index (κ1) is 24.8. The standard InChI is InChI=1S/C18H17N3O2.C7H8O3S/c1-11(22)19-15-6-4-13-8-14-5-7-16(20-12(2)23)10-18(14)21(3)17(13)9-15;1-6-2-4-7(5-3-6)11(8,9)10/h4-10H,1-3H3,(H,19,20,22,23);2-5H,1H3,(H,8,9,10). The Labute approximate surface area is 198 Å². The zero-order valence-electron chi connectivity index (χ0n) is 19.2. The van der Waals surface area contributed by atoms with Gasteiger partial charge in [0, 0.05) is 48.1 Å². The summed E-state index contributed by atoms with van der Waals surface area (Å²) in [6, 6.07) is 19.5. The summed E-state index contributed by atoms with van der Waals surface area (Å²) in [7, 11) is -2.30. The van der Waals surface area contributed by atoms with Gasteiger partial charge in [0.05, 0.1) is 4.90 Å². The van der Waals surface area contributed by atoms with Crippen molar-refractivity contribution >= 4 is 55.1 Å². The number of carbonyl (C=O) groups is 2. The Bertz CT molecular complexity index is 1420. The number of aromatic nitrogens is 1. The van der Waals surface area contributed by atoms with E-state index in [-0.39, 0.29) is 16.7 Å². The molecule has 4 rings (SSSR count). The topological polar surface area (TPSA) is 119 Å². The van der Waals surface area contributed by atoms with E-state index in [9.17, 15) is 22.6 Å². The Kier molecular flexibility index (Phi) is 7.29. The fourth-order valence-corrected chi connectivity index (χ4v) is 3.95. The van der Waals surface area contributed by atoms with Crippen LogP contribution < -0.4 is 15.2 Å². The van der Waals surface area contributed by atoms with Crippen molar-refractivity contribution < 1.29 is 27.1 Å². The molecule has 2 amide bonds. The highest BCUT2D eigenvalue weighted by Crippen LogP contribution is 2.23. The van der Waals surface area contributed by atoms with Crippen molar-refractivity contribution in [3.63, 3.8) is 0 Å². The maximum Gasteiger partial charge on any atom is 0.221 e. The molecule has 0 saturated heterocycles. The number of hydrogen-bond acceptors (Lipinski definition) is 5. The van der Waals surface area contributed by atoms with Crippen molar-refractivity contribution in [1.29, 1.82) is 0 Å². The van der Waals surface area contributed by atoms with Crippen LogP contribution in [0.2, 0.25) is 0 Å². The number of nitrogens with zero attached hydrogens (tertiary/aromatic N) is 1. The molecule has 9 heteroatoms. The van der Waals surface area contributed by atoms with Crippen molar-refractivity contribution in [1.82, 2.24) is 0 Å². The minimum absolute atomic E-state index is 0.0965. The van der Waals surface area contributed by atoms with Gasteiger partial charge in [0.2, 0.25) is 22.8 Å². The van der Waals surface area contributed by atoms with Gasteiger partial charge in [0.1, 0.15) is 17.2 Å². The number of pyridine rings is 1. The molecule has 8 nitrogen and oxygen atoms in total. The number of rotatable bonds is 3. The lowest BCUT2D eigenvalue weighted by molar-refractivity contribution is -0.617. The molecule has 176 valence electrons. The van der Waals surface area contributed by atoms with Crippen LogP contribution in [-0.4, -0.2) is 24.8 Å². The van der Waals surface area contributed by atoms with Crippen LogP contribution in [0.5, 0.6) is 0 Å². The summed E-state index contributed by atoms with van der Waals surface area (Å²) in [5.41, 5.74) is 4.46. The lowest BCUT2D eigenvalue weighted by Crippen LogP contribution is -2.30. The number of nitrogens with one attached hydrogen (secondary N) is 2. The first-order valence-electron chi connectivity index (χ1n) is 10.4. The van der Waals surface area contributed by atoms with Crippen molar-refractivity contribution in [2.45, 2.75) is 25.7 Å². The Morgan fingerprint density at radius 3 is 1.59 bits per heavy atom. The molecule has 0 spiro atoms. The molecule has 0 radical (unpaired) electrons. The number of benzene rings is 3. The van der Waals surface area contributed by atoms with E-state index in [4.69, 9.17) is 0 Å². The summed E-state index contributed by atoms with van der Waals surface area (Å²) in [6.45, 7) is 4.80. The summed E-state index contributed by atoms with van der Waals surface area (Å²) in [5, 5.41) is 7.77. The number of fused-ring (bicyclic) bond motifs is 2. The number of aryl methyl sites for hydroxylation is 2. The van der Waals surface area contributed by atoms with E-state index in [0.717, 1.165) is 38.7 Å². The predicted molar refractivity (Wildman–Crippen MR) is 130 cm³/mol. The van der Waals surface area contributed by atoms with Gasteiger partial charge < -0.3 is 15.2 Å². The first-order valence-corrected chi connectivity index (χ1v) is 11.8. The summed E-state index contributed by atoms with van der Waals surface area (Å²) in [5.74, 6) is -0.193. The molecule has 2 N–H and O–H groups in total. The molecule has 0 fully saturated rings. The smallest absolute Gasteiger partial charge is 0.221 e. The molecule has 0 saturated carbocycles. The monoisotopic (exact) mass is 479 g/mol. The third-order valence-corrected chi connectivity index (χ3v) is 5.89. The molecule has 0 bridgehead atoms. The average molecular weight is 480 g/mol.